The summed E-state index contributed by atoms with van der Waals surface area (Å²) in [6.45, 7) is 9.82. The van der Waals surface area contributed by atoms with E-state index in [9.17, 15) is 0 Å². The van der Waals surface area contributed by atoms with Crippen molar-refractivity contribution in [2.75, 3.05) is 0 Å². The van der Waals surface area contributed by atoms with Gasteiger partial charge in [-0.1, -0.05) is 113 Å². The summed E-state index contributed by atoms with van der Waals surface area (Å²) in [5.41, 5.74) is 11.4. The van der Waals surface area contributed by atoms with Gasteiger partial charge in [0.2, 0.25) is 0 Å². The van der Waals surface area contributed by atoms with Gasteiger partial charge >= 0.3 is 0 Å². The molecule has 9 rings (SSSR count). The van der Waals surface area contributed by atoms with Crippen molar-refractivity contribution in [2.24, 2.45) is 0 Å². The predicted octanol–water partition coefficient (Wildman–Crippen LogP) is 10.9. The molecule has 0 nitrogen and oxygen atoms in total. The van der Waals surface area contributed by atoms with Crippen LogP contribution in [0.5, 0.6) is 0 Å². The SMILES string of the molecule is CC1(C)c2cc3ccccc3cc2-c2c1c1c(c3c2ccc2ccccc23)-c2cc3ccccc3cc2C1(C)C. The Balaban J connectivity index is 1.55. The van der Waals surface area contributed by atoms with Crippen LogP contribution in [0.4, 0.5) is 0 Å². The van der Waals surface area contributed by atoms with E-state index in [2.05, 4.69) is 137 Å². The van der Waals surface area contributed by atoms with Gasteiger partial charge in [-0.25, -0.2) is 0 Å². The molecule has 7 aromatic carbocycles. The first-order chi connectivity index (χ1) is 19.4. The summed E-state index contributed by atoms with van der Waals surface area (Å²) in [4.78, 5) is 0. The molecule has 0 spiro atoms. The minimum Gasteiger partial charge on any atom is -0.0616 e. The van der Waals surface area contributed by atoms with Crippen LogP contribution in [0, 0.1) is 0 Å². The zero-order chi connectivity index (χ0) is 27.0. The molecular formula is C40H30. The van der Waals surface area contributed by atoms with Gasteiger partial charge in [-0.05, 0) is 112 Å². The van der Waals surface area contributed by atoms with Gasteiger partial charge in [0.1, 0.15) is 0 Å². The first-order valence-corrected chi connectivity index (χ1v) is 14.5. The van der Waals surface area contributed by atoms with Gasteiger partial charge in [0.25, 0.3) is 0 Å². The third-order valence-electron chi connectivity index (χ3n) is 10.1. The highest BCUT2D eigenvalue weighted by atomic mass is 14.5. The highest BCUT2D eigenvalue weighted by Crippen LogP contribution is 2.63. The van der Waals surface area contributed by atoms with Crippen LogP contribution in [-0.2, 0) is 10.8 Å². The average molecular weight is 511 g/mol. The number of fused-ring (bicyclic) bond motifs is 14. The van der Waals surface area contributed by atoms with E-state index < -0.39 is 0 Å². The molecule has 0 unspecified atom stereocenters. The molecule has 0 amide bonds. The second kappa shape index (κ2) is 7.20. The Labute approximate surface area is 234 Å². The normalized spacial score (nSPS) is 15.9. The molecule has 0 heteroatoms. The summed E-state index contributed by atoms with van der Waals surface area (Å²) in [6.07, 6.45) is 0. The van der Waals surface area contributed by atoms with Gasteiger partial charge in [0, 0.05) is 10.8 Å². The van der Waals surface area contributed by atoms with E-state index in [1.54, 1.807) is 0 Å². The molecule has 2 aliphatic rings. The van der Waals surface area contributed by atoms with Crippen molar-refractivity contribution in [3.8, 4) is 22.3 Å². The van der Waals surface area contributed by atoms with Gasteiger partial charge in [-0.15, -0.1) is 0 Å². The fourth-order valence-corrected chi connectivity index (χ4v) is 8.26. The van der Waals surface area contributed by atoms with Crippen LogP contribution in [0.3, 0.4) is 0 Å². The third kappa shape index (κ3) is 2.58. The molecule has 40 heavy (non-hydrogen) atoms. The zero-order valence-electron chi connectivity index (χ0n) is 23.4. The van der Waals surface area contributed by atoms with Crippen LogP contribution in [0.15, 0.2) is 109 Å². The molecule has 0 atom stereocenters. The minimum atomic E-state index is -0.122. The van der Waals surface area contributed by atoms with Crippen LogP contribution < -0.4 is 0 Å². The van der Waals surface area contributed by atoms with Gasteiger partial charge in [-0.2, -0.15) is 0 Å². The van der Waals surface area contributed by atoms with Crippen molar-refractivity contribution < 1.29 is 0 Å². The standard InChI is InChI=1S/C40H30/c1-39(2)32-21-26-14-7-5-12-24(26)19-30(32)35-29-18-17-23-11-9-10-16-28(23)34(29)36-31-20-25-13-6-8-15-27(25)22-33(31)40(3,4)38(36)37(35)39/h5-22H,1-4H3. The van der Waals surface area contributed by atoms with Crippen molar-refractivity contribution in [3.05, 3.63) is 131 Å². The van der Waals surface area contributed by atoms with Gasteiger partial charge in [0.05, 0.1) is 0 Å². The Morgan fingerprint density at radius 1 is 0.400 bits per heavy atom. The highest BCUT2D eigenvalue weighted by Gasteiger charge is 2.47. The quantitative estimate of drug-likeness (QED) is 0.178. The van der Waals surface area contributed by atoms with E-state index in [0.717, 1.165) is 0 Å². The number of rotatable bonds is 0. The highest BCUT2D eigenvalue weighted by molar-refractivity contribution is 6.23. The van der Waals surface area contributed by atoms with Gasteiger partial charge in [0.15, 0.2) is 0 Å². The Kier molecular flexibility index (Phi) is 4.03. The molecular weight excluding hydrogens is 480 g/mol. The van der Waals surface area contributed by atoms with E-state index in [-0.39, 0.29) is 10.8 Å². The second-order valence-electron chi connectivity index (χ2n) is 12.9. The smallest absolute Gasteiger partial charge is 0.0162 e. The predicted molar refractivity (Wildman–Crippen MR) is 172 cm³/mol. The molecule has 190 valence electrons. The van der Waals surface area contributed by atoms with Crippen LogP contribution in [0.25, 0.3) is 65.3 Å². The fraction of sp³-hybridized carbons (Fsp3) is 0.150. The minimum absolute atomic E-state index is 0.114. The van der Waals surface area contributed by atoms with E-state index >= 15 is 0 Å². The summed E-state index contributed by atoms with van der Waals surface area (Å²) < 4.78 is 0. The lowest BCUT2D eigenvalue weighted by atomic mass is 9.71. The second-order valence-corrected chi connectivity index (χ2v) is 12.9. The molecule has 7 aromatic rings. The molecule has 0 aromatic heterocycles. The molecule has 0 radical (unpaired) electrons. The van der Waals surface area contributed by atoms with Gasteiger partial charge < -0.3 is 0 Å². The third-order valence-corrected chi connectivity index (χ3v) is 10.1. The molecule has 0 heterocycles. The van der Waals surface area contributed by atoms with Crippen molar-refractivity contribution in [2.45, 2.75) is 38.5 Å². The molecule has 0 aliphatic heterocycles. The Bertz CT molecular complexity index is 2260. The van der Waals surface area contributed by atoms with Crippen LogP contribution in [0.2, 0.25) is 0 Å². The van der Waals surface area contributed by atoms with E-state index in [1.807, 2.05) is 0 Å². The average Bonchev–Trinajstić information content (AvgIpc) is 3.33. The summed E-state index contributed by atoms with van der Waals surface area (Å²) in [6, 6.07) is 41.3. The maximum Gasteiger partial charge on any atom is 0.0162 e. The van der Waals surface area contributed by atoms with Crippen molar-refractivity contribution in [3.63, 3.8) is 0 Å². The van der Waals surface area contributed by atoms with Crippen molar-refractivity contribution in [1.29, 1.82) is 0 Å². The maximum absolute atomic E-state index is 2.47. The molecule has 0 saturated carbocycles. The topological polar surface area (TPSA) is 0 Å². The summed E-state index contributed by atoms with van der Waals surface area (Å²) in [7, 11) is 0. The van der Waals surface area contributed by atoms with E-state index in [0.29, 0.717) is 0 Å². The summed E-state index contributed by atoms with van der Waals surface area (Å²) in [5.74, 6) is 0. The first-order valence-electron chi connectivity index (χ1n) is 14.5. The first kappa shape index (κ1) is 22.4. The van der Waals surface area contributed by atoms with Crippen molar-refractivity contribution >= 4 is 43.1 Å². The largest absolute Gasteiger partial charge is 0.0616 e. The Morgan fingerprint density at radius 3 is 1.43 bits per heavy atom. The Hall–Kier alpha value is -4.42. The van der Waals surface area contributed by atoms with Crippen LogP contribution >= 0.6 is 0 Å². The summed E-state index contributed by atoms with van der Waals surface area (Å²) >= 11 is 0. The lowest BCUT2D eigenvalue weighted by Gasteiger charge is -2.31. The number of benzene rings is 7. The molecule has 0 N–H and O–H groups in total. The molecule has 0 fully saturated rings. The van der Waals surface area contributed by atoms with Crippen LogP contribution in [-0.4, -0.2) is 0 Å². The lowest BCUT2D eigenvalue weighted by molar-refractivity contribution is 0.602. The number of hydrogen-bond acceptors (Lipinski definition) is 0. The van der Waals surface area contributed by atoms with Crippen molar-refractivity contribution in [1.82, 2.24) is 0 Å². The Morgan fingerprint density at radius 2 is 0.850 bits per heavy atom. The monoisotopic (exact) mass is 510 g/mol. The zero-order valence-corrected chi connectivity index (χ0v) is 23.4. The molecule has 0 bridgehead atoms. The van der Waals surface area contributed by atoms with Gasteiger partial charge in [-0.3, -0.25) is 0 Å². The fourth-order valence-electron chi connectivity index (χ4n) is 8.26. The lowest BCUT2D eigenvalue weighted by Crippen LogP contribution is -2.24. The number of hydrogen-bond donors (Lipinski definition) is 0. The van der Waals surface area contributed by atoms with E-state index in [1.165, 1.54) is 87.6 Å². The summed E-state index contributed by atoms with van der Waals surface area (Å²) in [5, 5.41) is 10.7. The molecule has 2 aliphatic carbocycles. The van der Waals surface area contributed by atoms with Crippen LogP contribution in [0.1, 0.15) is 49.9 Å². The maximum atomic E-state index is 2.47. The van der Waals surface area contributed by atoms with E-state index in [4.69, 9.17) is 0 Å². The molecule has 0 saturated heterocycles.